The zero-order valence-corrected chi connectivity index (χ0v) is 10.2. The Kier molecular flexibility index (Phi) is 3.14. The molecule has 0 atom stereocenters. The molecule has 2 N–H and O–H groups in total. The number of carboxylic acids is 1. The molecule has 0 aliphatic rings. The number of aromatic carboxylic acids is 1. The van der Waals surface area contributed by atoms with Crippen LogP contribution in [0.25, 0.3) is 10.9 Å². The van der Waals surface area contributed by atoms with E-state index in [0.717, 1.165) is 0 Å². The Morgan fingerprint density at radius 1 is 1.44 bits per heavy atom. The molecule has 0 saturated carbocycles. The number of hydrogen-bond donors (Lipinski definition) is 2. The van der Waals surface area contributed by atoms with E-state index >= 15 is 0 Å². The van der Waals surface area contributed by atoms with E-state index in [-0.39, 0.29) is 11.1 Å². The Bertz CT molecular complexity index is 659. The molecule has 0 spiro atoms. The number of rotatable bonds is 3. The van der Waals surface area contributed by atoms with Gasteiger partial charge in [0, 0.05) is 6.42 Å². The first kappa shape index (κ1) is 12.3. The lowest BCUT2D eigenvalue weighted by atomic mass is 10.1. The largest absolute Gasteiger partial charge is 0.478 e. The van der Waals surface area contributed by atoms with E-state index in [0.29, 0.717) is 29.1 Å². The molecule has 0 saturated heterocycles. The molecule has 2 aromatic rings. The van der Waals surface area contributed by atoms with Gasteiger partial charge in [-0.3, -0.25) is 4.79 Å². The van der Waals surface area contributed by atoms with Crippen molar-refractivity contribution < 1.29 is 9.90 Å². The summed E-state index contributed by atoms with van der Waals surface area (Å²) >= 11 is 0. The smallest absolute Gasteiger partial charge is 0.335 e. The lowest BCUT2D eigenvalue weighted by molar-refractivity contribution is 0.0697. The molecule has 5 nitrogen and oxygen atoms in total. The molecule has 0 aliphatic carbocycles. The van der Waals surface area contributed by atoms with E-state index in [9.17, 15) is 9.59 Å². The van der Waals surface area contributed by atoms with Gasteiger partial charge in [0.25, 0.3) is 5.56 Å². The van der Waals surface area contributed by atoms with Crippen molar-refractivity contribution >= 4 is 16.9 Å². The second-order valence-corrected chi connectivity index (χ2v) is 4.65. The van der Waals surface area contributed by atoms with Crippen LogP contribution in [0.1, 0.15) is 30.0 Å². The van der Waals surface area contributed by atoms with Crippen LogP contribution in [0.15, 0.2) is 23.0 Å². The molecule has 0 radical (unpaired) electrons. The van der Waals surface area contributed by atoms with Crippen molar-refractivity contribution in [2.24, 2.45) is 5.92 Å². The molecule has 0 unspecified atom stereocenters. The van der Waals surface area contributed by atoms with Crippen LogP contribution in [0, 0.1) is 5.92 Å². The second-order valence-electron chi connectivity index (χ2n) is 4.65. The van der Waals surface area contributed by atoms with Gasteiger partial charge in [0.05, 0.1) is 16.5 Å². The van der Waals surface area contributed by atoms with Crippen LogP contribution in [-0.4, -0.2) is 21.0 Å². The summed E-state index contributed by atoms with van der Waals surface area (Å²) in [4.78, 5) is 29.7. The number of benzene rings is 1. The standard InChI is InChI=1S/C13H14N2O3/c1-7(2)5-11-14-10-4-3-8(13(17)18)6-9(10)12(16)15-11/h3-4,6-7H,5H2,1-2H3,(H,17,18)(H,14,15,16). The molecular formula is C13H14N2O3. The minimum absolute atomic E-state index is 0.0893. The molecule has 0 fully saturated rings. The van der Waals surface area contributed by atoms with Crippen LogP contribution >= 0.6 is 0 Å². The normalized spacial score (nSPS) is 11.1. The first-order valence-electron chi connectivity index (χ1n) is 5.73. The molecule has 0 aliphatic heterocycles. The van der Waals surface area contributed by atoms with Gasteiger partial charge < -0.3 is 10.1 Å². The third-order valence-corrected chi connectivity index (χ3v) is 2.60. The Labute approximate surface area is 103 Å². The van der Waals surface area contributed by atoms with Gasteiger partial charge in [-0.2, -0.15) is 0 Å². The number of H-pyrrole nitrogens is 1. The van der Waals surface area contributed by atoms with Crippen LogP contribution < -0.4 is 5.56 Å². The van der Waals surface area contributed by atoms with Gasteiger partial charge in [0.1, 0.15) is 5.82 Å². The van der Waals surface area contributed by atoms with E-state index in [1.54, 1.807) is 6.07 Å². The van der Waals surface area contributed by atoms with Gasteiger partial charge in [-0.05, 0) is 24.1 Å². The fraction of sp³-hybridized carbons (Fsp3) is 0.308. The van der Waals surface area contributed by atoms with E-state index in [1.165, 1.54) is 12.1 Å². The van der Waals surface area contributed by atoms with Crippen LogP contribution in [0.3, 0.4) is 0 Å². The van der Waals surface area contributed by atoms with Crippen molar-refractivity contribution in [3.63, 3.8) is 0 Å². The maximum Gasteiger partial charge on any atom is 0.335 e. The summed E-state index contributed by atoms with van der Waals surface area (Å²) in [6, 6.07) is 4.37. The van der Waals surface area contributed by atoms with E-state index in [4.69, 9.17) is 5.11 Å². The van der Waals surface area contributed by atoms with Gasteiger partial charge in [-0.15, -0.1) is 0 Å². The van der Waals surface area contributed by atoms with Gasteiger partial charge in [0.15, 0.2) is 0 Å². The van der Waals surface area contributed by atoms with Crippen molar-refractivity contribution in [1.82, 2.24) is 9.97 Å². The number of hydrogen-bond acceptors (Lipinski definition) is 3. The summed E-state index contributed by atoms with van der Waals surface area (Å²) in [6.07, 6.45) is 0.686. The molecular weight excluding hydrogens is 232 g/mol. The topological polar surface area (TPSA) is 83.0 Å². The first-order chi connectivity index (χ1) is 8.47. The number of aromatic nitrogens is 2. The first-order valence-corrected chi connectivity index (χ1v) is 5.73. The minimum atomic E-state index is -1.05. The van der Waals surface area contributed by atoms with Crippen LogP contribution in [0.5, 0.6) is 0 Å². The predicted molar refractivity (Wildman–Crippen MR) is 67.9 cm³/mol. The number of nitrogens with one attached hydrogen (secondary N) is 1. The molecule has 94 valence electrons. The van der Waals surface area contributed by atoms with Crippen LogP contribution in [-0.2, 0) is 6.42 Å². The predicted octanol–water partition coefficient (Wildman–Crippen LogP) is 1.82. The van der Waals surface area contributed by atoms with Crippen molar-refractivity contribution in [3.8, 4) is 0 Å². The number of carboxylic acid groups (broad SMARTS) is 1. The third-order valence-electron chi connectivity index (χ3n) is 2.60. The lowest BCUT2D eigenvalue weighted by Gasteiger charge is -2.05. The highest BCUT2D eigenvalue weighted by Crippen LogP contribution is 2.11. The van der Waals surface area contributed by atoms with Gasteiger partial charge in [-0.25, -0.2) is 9.78 Å². The zero-order valence-electron chi connectivity index (χ0n) is 10.2. The average molecular weight is 246 g/mol. The molecule has 1 heterocycles. The Hall–Kier alpha value is -2.17. The summed E-state index contributed by atoms with van der Waals surface area (Å²) < 4.78 is 0. The lowest BCUT2D eigenvalue weighted by Crippen LogP contribution is -2.14. The second kappa shape index (κ2) is 4.60. The Morgan fingerprint density at radius 2 is 2.17 bits per heavy atom. The number of carbonyl (C=O) groups is 1. The highest BCUT2D eigenvalue weighted by molar-refractivity contribution is 5.92. The maximum absolute atomic E-state index is 11.9. The molecule has 0 bridgehead atoms. The monoisotopic (exact) mass is 246 g/mol. The summed E-state index contributed by atoms with van der Waals surface area (Å²) in [5.74, 6) is -0.0305. The van der Waals surface area contributed by atoms with E-state index in [1.807, 2.05) is 13.8 Å². The van der Waals surface area contributed by atoms with Crippen molar-refractivity contribution in [1.29, 1.82) is 0 Å². The fourth-order valence-electron chi connectivity index (χ4n) is 1.80. The molecule has 5 heteroatoms. The summed E-state index contributed by atoms with van der Waals surface area (Å²) in [5.41, 5.74) is 0.324. The average Bonchev–Trinajstić information content (AvgIpc) is 2.27. The van der Waals surface area contributed by atoms with E-state index in [2.05, 4.69) is 9.97 Å². The summed E-state index contributed by atoms with van der Waals surface area (Å²) in [6.45, 7) is 4.08. The van der Waals surface area contributed by atoms with Gasteiger partial charge in [0.2, 0.25) is 0 Å². The number of nitrogens with zero attached hydrogens (tertiary/aromatic N) is 1. The Balaban J connectivity index is 2.59. The fourth-order valence-corrected chi connectivity index (χ4v) is 1.80. The number of fused-ring (bicyclic) bond motifs is 1. The Morgan fingerprint density at radius 3 is 2.78 bits per heavy atom. The molecule has 1 aromatic carbocycles. The number of aromatic amines is 1. The van der Waals surface area contributed by atoms with Crippen molar-refractivity contribution in [2.75, 3.05) is 0 Å². The minimum Gasteiger partial charge on any atom is -0.478 e. The van der Waals surface area contributed by atoms with Gasteiger partial charge >= 0.3 is 5.97 Å². The third kappa shape index (κ3) is 2.40. The van der Waals surface area contributed by atoms with E-state index < -0.39 is 5.97 Å². The van der Waals surface area contributed by atoms with Crippen molar-refractivity contribution in [3.05, 3.63) is 39.9 Å². The SMILES string of the molecule is CC(C)Cc1nc2ccc(C(=O)O)cc2c(=O)[nH]1. The molecule has 0 amide bonds. The summed E-state index contributed by atoms with van der Waals surface area (Å²) in [7, 11) is 0. The molecule has 1 aromatic heterocycles. The highest BCUT2D eigenvalue weighted by atomic mass is 16.4. The van der Waals surface area contributed by atoms with Gasteiger partial charge in [-0.1, -0.05) is 13.8 Å². The molecule has 18 heavy (non-hydrogen) atoms. The maximum atomic E-state index is 11.9. The summed E-state index contributed by atoms with van der Waals surface area (Å²) in [5, 5.41) is 9.18. The quantitative estimate of drug-likeness (QED) is 0.865. The van der Waals surface area contributed by atoms with Crippen LogP contribution in [0.2, 0.25) is 0 Å². The zero-order chi connectivity index (χ0) is 13.3. The van der Waals surface area contributed by atoms with Crippen LogP contribution in [0.4, 0.5) is 0 Å². The molecule has 2 rings (SSSR count). The van der Waals surface area contributed by atoms with Crippen molar-refractivity contribution in [2.45, 2.75) is 20.3 Å². The highest BCUT2D eigenvalue weighted by Gasteiger charge is 2.09.